The lowest BCUT2D eigenvalue weighted by Gasteiger charge is -2.20. The van der Waals surface area contributed by atoms with Crippen LogP contribution in [-0.4, -0.2) is 23.9 Å². The molecule has 0 aliphatic rings. The van der Waals surface area contributed by atoms with Crippen molar-refractivity contribution in [2.24, 2.45) is 0 Å². The Hall–Kier alpha value is -2.27. The second-order valence-electron chi connectivity index (χ2n) is 5.54. The first-order valence-electron chi connectivity index (χ1n) is 8.07. The average Bonchev–Trinajstić information content (AvgIpc) is 2.60. The summed E-state index contributed by atoms with van der Waals surface area (Å²) in [6.07, 6.45) is 0. The zero-order valence-corrected chi connectivity index (χ0v) is 14.0. The first kappa shape index (κ1) is 18.1. The van der Waals surface area contributed by atoms with Gasteiger partial charge in [-0.2, -0.15) is 0 Å². The third-order valence-corrected chi connectivity index (χ3v) is 4.03. The molecule has 2 aromatic carbocycles. The maximum absolute atomic E-state index is 13.2. The van der Waals surface area contributed by atoms with Crippen molar-refractivity contribution in [1.29, 1.82) is 0 Å². The molecule has 0 aliphatic carbocycles. The van der Waals surface area contributed by atoms with Crippen LogP contribution in [0.4, 0.5) is 8.78 Å². The van der Waals surface area contributed by atoms with E-state index in [0.29, 0.717) is 6.54 Å². The van der Waals surface area contributed by atoms with Crippen LogP contribution in [-0.2, 0) is 13.1 Å². The van der Waals surface area contributed by atoms with E-state index in [2.05, 4.69) is 24.1 Å². The summed E-state index contributed by atoms with van der Waals surface area (Å²) in [6.45, 7) is 7.27. The molecule has 128 valence electrons. The second kappa shape index (κ2) is 8.55. The SMILES string of the molecule is CCN(CC)Cc1ccccc1CNC(=O)c1ccc(F)c(F)c1. The molecule has 1 N–H and O–H groups in total. The van der Waals surface area contributed by atoms with Crippen molar-refractivity contribution in [2.75, 3.05) is 13.1 Å². The van der Waals surface area contributed by atoms with E-state index in [9.17, 15) is 13.6 Å². The third-order valence-electron chi connectivity index (χ3n) is 4.03. The summed E-state index contributed by atoms with van der Waals surface area (Å²) in [7, 11) is 0. The molecule has 0 atom stereocenters. The zero-order valence-electron chi connectivity index (χ0n) is 14.0. The minimum atomic E-state index is -1.02. The van der Waals surface area contributed by atoms with Crippen LogP contribution in [0.25, 0.3) is 0 Å². The second-order valence-corrected chi connectivity index (χ2v) is 5.54. The van der Waals surface area contributed by atoms with Crippen LogP contribution in [0, 0.1) is 11.6 Å². The summed E-state index contributed by atoms with van der Waals surface area (Å²) >= 11 is 0. The predicted molar refractivity (Wildman–Crippen MR) is 90.6 cm³/mol. The number of carbonyl (C=O) groups excluding carboxylic acids is 1. The van der Waals surface area contributed by atoms with Gasteiger partial charge < -0.3 is 5.32 Å². The Bertz CT molecular complexity index is 700. The minimum absolute atomic E-state index is 0.107. The van der Waals surface area contributed by atoms with Crippen LogP contribution in [0.15, 0.2) is 42.5 Å². The molecule has 0 spiro atoms. The molecule has 24 heavy (non-hydrogen) atoms. The highest BCUT2D eigenvalue weighted by atomic mass is 19.2. The first-order chi connectivity index (χ1) is 11.5. The zero-order chi connectivity index (χ0) is 17.5. The Labute approximate surface area is 141 Å². The van der Waals surface area contributed by atoms with Gasteiger partial charge in [0, 0.05) is 18.7 Å². The molecule has 2 rings (SSSR count). The molecule has 0 fully saturated rings. The van der Waals surface area contributed by atoms with E-state index in [0.717, 1.165) is 42.9 Å². The predicted octanol–water partition coefficient (Wildman–Crippen LogP) is 3.74. The Morgan fingerprint density at radius 2 is 1.67 bits per heavy atom. The van der Waals surface area contributed by atoms with Gasteiger partial charge in [0.05, 0.1) is 0 Å². The molecule has 0 unspecified atom stereocenters. The summed E-state index contributed by atoms with van der Waals surface area (Å²) in [5.41, 5.74) is 2.27. The van der Waals surface area contributed by atoms with Gasteiger partial charge in [0.2, 0.25) is 0 Å². The number of amides is 1. The minimum Gasteiger partial charge on any atom is -0.348 e. The molecule has 3 nitrogen and oxygen atoms in total. The van der Waals surface area contributed by atoms with E-state index in [1.165, 1.54) is 6.07 Å². The van der Waals surface area contributed by atoms with Crippen LogP contribution in [0.5, 0.6) is 0 Å². The molecule has 5 heteroatoms. The van der Waals surface area contributed by atoms with Crippen molar-refractivity contribution < 1.29 is 13.6 Å². The van der Waals surface area contributed by atoms with Crippen molar-refractivity contribution >= 4 is 5.91 Å². The Kier molecular flexibility index (Phi) is 6.44. The van der Waals surface area contributed by atoms with Crippen LogP contribution in [0.1, 0.15) is 35.3 Å². The van der Waals surface area contributed by atoms with Crippen molar-refractivity contribution in [2.45, 2.75) is 26.9 Å². The molecule has 0 saturated carbocycles. The molecular formula is C19H22F2N2O. The molecule has 0 saturated heterocycles. The standard InChI is InChI=1S/C19H22F2N2O/c1-3-23(4-2)13-16-8-6-5-7-15(16)12-22-19(24)14-9-10-17(20)18(21)11-14/h5-11H,3-4,12-13H2,1-2H3,(H,22,24). The van der Waals surface area contributed by atoms with Crippen molar-refractivity contribution in [3.05, 3.63) is 70.8 Å². The van der Waals surface area contributed by atoms with Crippen LogP contribution in [0.2, 0.25) is 0 Å². The van der Waals surface area contributed by atoms with Gasteiger partial charge in [0.25, 0.3) is 5.91 Å². The number of nitrogens with zero attached hydrogens (tertiary/aromatic N) is 1. The van der Waals surface area contributed by atoms with Crippen molar-refractivity contribution in [1.82, 2.24) is 10.2 Å². The monoisotopic (exact) mass is 332 g/mol. The lowest BCUT2D eigenvalue weighted by atomic mass is 10.1. The smallest absolute Gasteiger partial charge is 0.251 e. The third kappa shape index (κ3) is 4.61. The van der Waals surface area contributed by atoms with Gasteiger partial charge in [-0.25, -0.2) is 8.78 Å². The summed E-state index contributed by atoms with van der Waals surface area (Å²) in [5, 5.41) is 2.77. The van der Waals surface area contributed by atoms with Gasteiger partial charge >= 0.3 is 0 Å². The van der Waals surface area contributed by atoms with E-state index in [1.54, 1.807) is 0 Å². The van der Waals surface area contributed by atoms with Gasteiger partial charge in [-0.15, -0.1) is 0 Å². The van der Waals surface area contributed by atoms with E-state index in [4.69, 9.17) is 0 Å². The highest BCUT2D eigenvalue weighted by Gasteiger charge is 2.11. The summed E-state index contributed by atoms with van der Waals surface area (Å²) in [6, 6.07) is 11.0. The molecule has 0 aromatic heterocycles. The first-order valence-corrected chi connectivity index (χ1v) is 8.07. The number of carbonyl (C=O) groups is 1. The molecular weight excluding hydrogens is 310 g/mol. The van der Waals surface area contributed by atoms with Crippen LogP contribution < -0.4 is 5.32 Å². The number of nitrogens with one attached hydrogen (secondary N) is 1. The van der Waals surface area contributed by atoms with Crippen LogP contribution >= 0.6 is 0 Å². The fraction of sp³-hybridized carbons (Fsp3) is 0.316. The van der Waals surface area contributed by atoms with Gasteiger partial charge in [0.1, 0.15) is 0 Å². The molecule has 2 aromatic rings. The fourth-order valence-electron chi connectivity index (χ4n) is 2.49. The van der Waals surface area contributed by atoms with Crippen LogP contribution in [0.3, 0.4) is 0 Å². The molecule has 1 amide bonds. The number of rotatable bonds is 7. The number of hydrogen-bond donors (Lipinski definition) is 1. The highest BCUT2D eigenvalue weighted by molar-refractivity contribution is 5.94. The highest BCUT2D eigenvalue weighted by Crippen LogP contribution is 2.13. The lowest BCUT2D eigenvalue weighted by molar-refractivity contribution is 0.0950. The van der Waals surface area contributed by atoms with E-state index in [-0.39, 0.29) is 5.56 Å². The maximum atomic E-state index is 13.2. The van der Waals surface area contributed by atoms with Gasteiger partial charge in [0.15, 0.2) is 11.6 Å². The van der Waals surface area contributed by atoms with Crippen molar-refractivity contribution in [3.63, 3.8) is 0 Å². The molecule has 0 radical (unpaired) electrons. The van der Waals surface area contributed by atoms with E-state index in [1.807, 2.05) is 24.3 Å². The average molecular weight is 332 g/mol. The summed E-state index contributed by atoms with van der Waals surface area (Å²) in [4.78, 5) is 14.4. The normalized spacial score (nSPS) is 10.9. The Morgan fingerprint density at radius 1 is 1.00 bits per heavy atom. The Morgan fingerprint density at radius 3 is 2.29 bits per heavy atom. The maximum Gasteiger partial charge on any atom is 0.251 e. The fourth-order valence-corrected chi connectivity index (χ4v) is 2.49. The molecule has 0 bridgehead atoms. The number of hydrogen-bond acceptors (Lipinski definition) is 2. The number of halogens is 2. The van der Waals surface area contributed by atoms with E-state index < -0.39 is 17.5 Å². The van der Waals surface area contributed by atoms with Crippen molar-refractivity contribution in [3.8, 4) is 0 Å². The largest absolute Gasteiger partial charge is 0.348 e. The summed E-state index contributed by atoms with van der Waals surface area (Å²) in [5.74, 6) is -2.41. The molecule has 0 heterocycles. The number of benzene rings is 2. The lowest BCUT2D eigenvalue weighted by Crippen LogP contribution is -2.26. The van der Waals surface area contributed by atoms with E-state index >= 15 is 0 Å². The van der Waals surface area contributed by atoms with Gasteiger partial charge in [-0.05, 0) is 42.4 Å². The molecule has 0 aliphatic heterocycles. The van der Waals surface area contributed by atoms with Gasteiger partial charge in [-0.1, -0.05) is 38.1 Å². The van der Waals surface area contributed by atoms with Gasteiger partial charge in [-0.3, -0.25) is 9.69 Å². The Balaban J connectivity index is 2.06. The topological polar surface area (TPSA) is 32.3 Å². The summed E-state index contributed by atoms with van der Waals surface area (Å²) < 4.78 is 26.2. The quantitative estimate of drug-likeness (QED) is 0.838.